The van der Waals surface area contributed by atoms with Gasteiger partial charge in [-0.3, -0.25) is 29.4 Å². The minimum absolute atomic E-state index is 0.270. The number of aromatic nitrogens is 2. The Morgan fingerprint density at radius 1 is 0.588 bits per heavy atom. The Hall–Kier alpha value is -7.86. The lowest BCUT2D eigenvalue weighted by Crippen LogP contribution is -2.46. The van der Waals surface area contributed by atoms with Crippen LogP contribution in [0.25, 0.3) is 21.8 Å². The number of methoxy groups -OCH3 is 1. The number of aliphatic hydroxyl groups excluding tert-OH is 1. The van der Waals surface area contributed by atoms with Gasteiger partial charge in [0.15, 0.2) is 23.0 Å². The first-order valence-corrected chi connectivity index (χ1v) is 28.2. The van der Waals surface area contributed by atoms with Crippen LogP contribution >= 0.6 is 0 Å². The molecule has 2 fully saturated rings. The summed E-state index contributed by atoms with van der Waals surface area (Å²) in [6, 6.07) is 28.3. The maximum absolute atomic E-state index is 12.6. The van der Waals surface area contributed by atoms with Gasteiger partial charge in [0, 0.05) is 104 Å². The van der Waals surface area contributed by atoms with E-state index in [4.69, 9.17) is 35.2 Å². The van der Waals surface area contributed by atoms with Crippen molar-refractivity contribution < 1.29 is 38.4 Å². The number of anilines is 5. The van der Waals surface area contributed by atoms with Crippen molar-refractivity contribution in [3.63, 3.8) is 0 Å². The number of hydrogen-bond acceptors (Lipinski definition) is 15. The fourth-order valence-electron chi connectivity index (χ4n) is 10.8. The standard InChI is InChI=1S/C34H41N5O4.C29H38N4O4/c1-5-26-23(22-38-14-16-39(17-15-38)24-11-9-12-25(18-24)41-4)10-8-13-29(26)37-33-27-19-31(42-6-2)32(43-7-3)20-30(27)36-21-28(33)34(35)40;1-4-21-20(17-33-12-10-19(18-34)11-13-33)8-7-9-24(21)32-28-22-14-26(36-5-2)27(37-6-3)15-25(22)31-16-23(28)29(30)35/h8-13,18-21H,5-7,14-17,22H2,1-4H3,(H2,35,40)(H,36,37);7-9,14-16,19,34H,4-6,10-13,17-18H2,1-3H3,(H2,30,35)(H,31,32). The monoisotopic (exact) mass is 1090 g/mol. The second-order valence-electron chi connectivity index (χ2n) is 19.9. The lowest BCUT2D eigenvalue weighted by Gasteiger charge is -2.36. The second kappa shape index (κ2) is 27.8. The van der Waals surface area contributed by atoms with Gasteiger partial charge in [0.25, 0.3) is 11.8 Å². The van der Waals surface area contributed by atoms with Crippen LogP contribution in [0.3, 0.4) is 0 Å². The van der Waals surface area contributed by atoms with Gasteiger partial charge in [-0.2, -0.15) is 0 Å². The van der Waals surface area contributed by atoms with Crippen molar-refractivity contribution in [1.29, 1.82) is 0 Å². The number of pyridine rings is 2. The summed E-state index contributed by atoms with van der Waals surface area (Å²) < 4.78 is 28.7. The molecule has 0 spiro atoms. The molecule has 0 bridgehead atoms. The number of nitrogens with zero attached hydrogens (tertiary/aromatic N) is 5. The van der Waals surface area contributed by atoms with E-state index in [-0.39, 0.29) is 6.61 Å². The number of hydrogen-bond donors (Lipinski definition) is 5. The number of rotatable bonds is 23. The molecule has 0 saturated carbocycles. The van der Waals surface area contributed by atoms with Crippen molar-refractivity contribution >= 4 is 62.1 Å². The van der Waals surface area contributed by atoms with Gasteiger partial charge >= 0.3 is 0 Å². The summed E-state index contributed by atoms with van der Waals surface area (Å²) in [5.41, 5.74) is 22.8. The molecule has 80 heavy (non-hydrogen) atoms. The van der Waals surface area contributed by atoms with E-state index >= 15 is 0 Å². The summed E-state index contributed by atoms with van der Waals surface area (Å²) in [5, 5.41) is 18.1. The molecule has 7 N–H and O–H groups in total. The van der Waals surface area contributed by atoms with E-state index in [9.17, 15) is 14.7 Å². The molecule has 0 aliphatic carbocycles. The van der Waals surface area contributed by atoms with E-state index in [1.165, 1.54) is 40.3 Å². The third kappa shape index (κ3) is 13.8. The fraction of sp³-hybridized carbons (Fsp3) is 0.397. The molecule has 7 aromatic rings. The average Bonchev–Trinajstić information content (AvgIpc) is 3.55. The van der Waals surface area contributed by atoms with Crippen molar-refractivity contribution in [1.82, 2.24) is 19.8 Å². The number of primary amides is 2. The van der Waals surface area contributed by atoms with Gasteiger partial charge in [-0.15, -0.1) is 0 Å². The summed E-state index contributed by atoms with van der Waals surface area (Å²) in [6.07, 6.45) is 6.75. The van der Waals surface area contributed by atoms with Gasteiger partial charge in [-0.05, 0) is 131 Å². The van der Waals surface area contributed by atoms with Gasteiger partial charge < -0.3 is 55.8 Å². The SMILES string of the molecule is CCOc1cc2ncc(C(N)=O)c(Nc3cccc(CN4CCC(CO)CC4)c3CC)c2cc1OCC.CCOc1cc2ncc(C(N)=O)c(Nc3cccc(CN4CCN(c5cccc(OC)c5)CC4)c3CC)c2cc1OCC. The number of likely N-dealkylation sites (tertiary alicyclic amines) is 1. The fourth-order valence-corrected chi connectivity index (χ4v) is 10.8. The van der Waals surface area contributed by atoms with Gasteiger partial charge in [-0.25, -0.2) is 0 Å². The largest absolute Gasteiger partial charge is 0.497 e. The quantitative estimate of drug-likeness (QED) is 0.0403. The minimum Gasteiger partial charge on any atom is -0.497 e. The molecule has 9 rings (SSSR count). The molecular formula is C63H79N9O8. The summed E-state index contributed by atoms with van der Waals surface area (Å²) >= 11 is 0. The van der Waals surface area contributed by atoms with Crippen LogP contribution in [0.15, 0.2) is 97.3 Å². The Labute approximate surface area is 470 Å². The highest BCUT2D eigenvalue weighted by atomic mass is 16.5. The van der Waals surface area contributed by atoms with Crippen LogP contribution in [0.4, 0.5) is 28.4 Å². The average molecular weight is 1090 g/mol. The number of benzene rings is 5. The number of carbonyl (C=O) groups excluding carboxylic acids is 2. The van der Waals surface area contributed by atoms with E-state index in [1.54, 1.807) is 7.11 Å². The molecule has 5 aromatic carbocycles. The molecule has 4 heterocycles. The second-order valence-corrected chi connectivity index (χ2v) is 19.9. The first kappa shape index (κ1) is 58.3. The molecule has 2 aliphatic rings. The molecule has 2 saturated heterocycles. The third-order valence-electron chi connectivity index (χ3n) is 14.9. The predicted molar refractivity (Wildman–Crippen MR) is 319 cm³/mol. The molecule has 0 unspecified atom stereocenters. The van der Waals surface area contributed by atoms with Crippen LogP contribution in [0.5, 0.6) is 28.7 Å². The zero-order valence-corrected chi connectivity index (χ0v) is 47.5. The van der Waals surface area contributed by atoms with Crippen LogP contribution in [0.1, 0.15) is 97.4 Å². The van der Waals surface area contributed by atoms with Gasteiger partial charge in [0.05, 0.1) is 67.1 Å². The van der Waals surface area contributed by atoms with Crippen LogP contribution in [0.2, 0.25) is 0 Å². The Kier molecular flexibility index (Phi) is 20.3. The van der Waals surface area contributed by atoms with Crippen molar-refractivity contribution in [2.75, 3.05) is 94.9 Å². The summed E-state index contributed by atoms with van der Waals surface area (Å²) in [4.78, 5) is 41.4. The molecule has 2 amide bonds. The minimum atomic E-state index is -0.551. The number of carbonyl (C=O) groups is 2. The number of nitrogens with one attached hydrogen (secondary N) is 2. The lowest BCUT2D eigenvalue weighted by molar-refractivity contribution is 0.0992. The Morgan fingerprint density at radius 2 is 1.02 bits per heavy atom. The first-order chi connectivity index (χ1) is 38.9. The van der Waals surface area contributed by atoms with E-state index in [0.717, 1.165) is 106 Å². The number of fused-ring (bicyclic) bond motifs is 2. The first-order valence-electron chi connectivity index (χ1n) is 28.2. The molecule has 17 nitrogen and oxygen atoms in total. The maximum Gasteiger partial charge on any atom is 0.252 e. The summed E-state index contributed by atoms with van der Waals surface area (Å²) in [5.74, 6) is 2.61. The Morgan fingerprint density at radius 3 is 1.44 bits per heavy atom. The maximum atomic E-state index is 12.6. The normalized spacial score (nSPS) is 14.1. The number of amides is 2. The number of aliphatic hydroxyl groups is 1. The number of ether oxygens (including phenoxy) is 5. The zero-order valence-electron chi connectivity index (χ0n) is 47.5. The van der Waals surface area contributed by atoms with E-state index < -0.39 is 11.8 Å². The molecule has 2 aromatic heterocycles. The van der Waals surface area contributed by atoms with Crippen molar-refractivity contribution in [2.45, 2.75) is 80.3 Å². The summed E-state index contributed by atoms with van der Waals surface area (Å²) in [6.45, 7) is 21.7. The van der Waals surface area contributed by atoms with Gasteiger partial charge in [0.1, 0.15) is 5.75 Å². The highest BCUT2D eigenvalue weighted by Crippen LogP contribution is 2.41. The third-order valence-corrected chi connectivity index (χ3v) is 14.9. The topological polar surface area (TPSA) is 212 Å². The van der Waals surface area contributed by atoms with Crippen LogP contribution in [-0.4, -0.2) is 116 Å². The van der Waals surface area contributed by atoms with Crippen LogP contribution in [0, 0.1) is 5.92 Å². The van der Waals surface area contributed by atoms with E-state index in [0.29, 0.717) is 88.9 Å². The number of piperazine rings is 1. The van der Waals surface area contributed by atoms with Gasteiger partial charge in [-0.1, -0.05) is 44.2 Å². The van der Waals surface area contributed by atoms with Gasteiger partial charge in [0.2, 0.25) is 0 Å². The highest BCUT2D eigenvalue weighted by molar-refractivity contribution is 6.09. The zero-order chi connectivity index (χ0) is 56.7. The Balaban J connectivity index is 0.000000213. The molecular weight excluding hydrogens is 1010 g/mol. The molecule has 2 aliphatic heterocycles. The number of piperidine rings is 1. The number of nitrogens with two attached hydrogens (primary N) is 2. The smallest absolute Gasteiger partial charge is 0.252 e. The van der Waals surface area contributed by atoms with Crippen molar-refractivity contribution in [2.24, 2.45) is 17.4 Å². The lowest BCUT2D eigenvalue weighted by atomic mass is 9.96. The molecule has 0 radical (unpaired) electrons. The highest BCUT2D eigenvalue weighted by Gasteiger charge is 2.24. The van der Waals surface area contributed by atoms with Crippen LogP contribution in [-0.2, 0) is 25.9 Å². The van der Waals surface area contributed by atoms with E-state index in [1.807, 2.05) is 76.2 Å². The van der Waals surface area contributed by atoms with E-state index in [2.05, 4.69) is 85.5 Å². The van der Waals surface area contributed by atoms with Crippen LogP contribution < -0.4 is 50.7 Å². The molecule has 424 valence electrons. The van der Waals surface area contributed by atoms with Crippen molar-refractivity contribution in [3.05, 3.63) is 131 Å². The van der Waals surface area contributed by atoms with Crippen molar-refractivity contribution in [3.8, 4) is 28.7 Å². The molecule has 17 heteroatoms. The molecule has 0 atom stereocenters. The predicted octanol–water partition coefficient (Wildman–Crippen LogP) is 10.4. The summed E-state index contributed by atoms with van der Waals surface area (Å²) in [7, 11) is 1.70. The Bertz CT molecular complexity index is 3250.